The molecule has 18 heavy (non-hydrogen) atoms. The SMILES string of the molecule is CCCC(O)(C(=O)OCC)C(C)CC(C)(C)OC. The fraction of sp³-hybridized carbons (Fsp3) is 0.929. The maximum absolute atomic E-state index is 12.0. The summed E-state index contributed by atoms with van der Waals surface area (Å²) in [5.74, 6) is -0.738. The molecule has 4 nitrogen and oxygen atoms in total. The van der Waals surface area contributed by atoms with Gasteiger partial charge in [0.05, 0.1) is 12.2 Å². The van der Waals surface area contributed by atoms with Crippen molar-refractivity contribution in [3.05, 3.63) is 0 Å². The van der Waals surface area contributed by atoms with Gasteiger partial charge in [0.15, 0.2) is 5.60 Å². The van der Waals surface area contributed by atoms with E-state index in [-0.39, 0.29) is 18.1 Å². The molecule has 1 N–H and O–H groups in total. The highest BCUT2D eigenvalue weighted by molar-refractivity contribution is 5.79. The Labute approximate surface area is 111 Å². The molecule has 0 aromatic rings. The first-order chi connectivity index (χ1) is 8.23. The van der Waals surface area contributed by atoms with Crippen LogP contribution in [-0.2, 0) is 14.3 Å². The fourth-order valence-corrected chi connectivity index (χ4v) is 2.18. The van der Waals surface area contributed by atoms with Crippen LogP contribution in [0.5, 0.6) is 0 Å². The Morgan fingerprint density at radius 1 is 1.33 bits per heavy atom. The number of hydrogen-bond donors (Lipinski definition) is 1. The number of esters is 1. The van der Waals surface area contributed by atoms with Gasteiger partial charge in [-0.25, -0.2) is 4.79 Å². The van der Waals surface area contributed by atoms with E-state index in [1.54, 1.807) is 14.0 Å². The van der Waals surface area contributed by atoms with Crippen molar-refractivity contribution in [2.75, 3.05) is 13.7 Å². The minimum absolute atomic E-state index is 0.216. The van der Waals surface area contributed by atoms with Crippen LogP contribution < -0.4 is 0 Å². The normalized spacial score (nSPS) is 17.1. The zero-order valence-corrected chi connectivity index (χ0v) is 12.6. The molecule has 0 aliphatic carbocycles. The fourth-order valence-electron chi connectivity index (χ4n) is 2.18. The summed E-state index contributed by atoms with van der Waals surface area (Å²) in [4.78, 5) is 12.0. The van der Waals surface area contributed by atoms with E-state index in [1.165, 1.54) is 0 Å². The third-order valence-electron chi connectivity index (χ3n) is 3.43. The van der Waals surface area contributed by atoms with Crippen LogP contribution in [0.4, 0.5) is 0 Å². The van der Waals surface area contributed by atoms with Gasteiger partial charge in [0.2, 0.25) is 0 Å². The van der Waals surface area contributed by atoms with Crippen molar-refractivity contribution < 1.29 is 19.4 Å². The Morgan fingerprint density at radius 3 is 2.28 bits per heavy atom. The predicted octanol–water partition coefficient (Wildman–Crippen LogP) is 2.53. The van der Waals surface area contributed by atoms with Crippen LogP contribution >= 0.6 is 0 Å². The van der Waals surface area contributed by atoms with Crippen LogP contribution in [0.15, 0.2) is 0 Å². The molecule has 2 atom stereocenters. The Balaban J connectivity index is 4.92. The van der Waals surface area contributed by atoms with Crippen LogP contribution in [0.1, 0.15) is 53.9 Å². The summed E-state index contributed by atoms with van der Waals surface area (Å²) in [6.45, 7) is 9.73. The number of hydrogen-bond acceptors (Lipinski definition) is 4. The van der Waals surface area contributed by atoms with Gasteiger partial charge >= 0.3 is 5.97 Å². The van der Waals surface area contributed by atoms with Crippen molar-refractivity contribution in [3.63, 3.8) is 0 Å². The van der Waals surface area contributed by atoms with Gasteiger partial charge in [0.1, 0.15) is 0 Å². The molecule has 0 aromatic heterocycles. The monoisotopic (exact) mass is 260 g/mol. The molecule has 2 unspecified atom stereocenters. The van der Waals surface area contributed by atoms with Gasteiger partial charge < -0.3 is 14.6 Å². The second-order valence-corrected chi connectivity index (χ2v) is 5.46. The maximum Gasteiger partial charge on any atom is 0.338 e. The Kier molecular flexibility index (Phi) is 6.86. The van der Waals surface area contributed by atoms with E-state index < -0.39 is 11.6 Å². The van der Waals surface area contributed by atoms with E-state index in [0.717, 1.165) is 6.42 Å². The summed E-state index contributed by atoms with van der Waals surface area (Å²) in [6, 6.07) is 0. The highest BCUT2D eigenvalue weighted by atomic mass is 16.5. The molecule has 0 fully saturated rings. The number of methoxy groups -OCH3 is 1. The molecule has 0 heterocycles. The van der Waals surface area contributed by atoms with Crippen LogP contribution in [0.25, 0.3) is 0 Å². The first kappa shape index (κ1) is 17.4. The summed E-state index contributed by atoms with van der Waals surface area (Å²) in [6.07, 6.45) is 1.73. The third kappa shape index (κ3) is 4.58. The van der Waals surface area contributed by atoms with E-state index in [0.29, 0.717) is 12.8 Å². The molecule has 0 amide bonds. The molecule has 108 valence electrons. The quantitative estimate of drug-likeness (QED) is 0.681. The van der Waals surface area contributed by atoms with Crippen LogP contribution in [0, 0.1) is 5.92 Å². The van der Waals surface area contributed by atoms with Gasteiger partial charge in [-0.3, -0.25) is 0 Å². The molecular formula is C14H28O4. The summed E-state index contributed by atoms with van der Waals surface area (Å²) >= 11 is 0. The Morgan fingerprint density at radius 2 is 1.89 bits per heavy atom. The molecule has 0 saturated heterocycles. The first-order valence-electron chi connectivity index (χ1n) is 6.68. The maximum atomic E-state index is 12.0. The van der Waals surface area contributed by atoms with E-state index in [4.69, 9.17) is 9.47 Å². The van der Waals surface area contributed by atoms with Gasteiger partial charge in [0.25, 0.3) is 0 Å². The molecule has 0 rings (SSSR count). The van der Waals surface area contributed by atoms with Gasteiger partial charge in [-0.2, -0.15) is 0 Å². The van der Waals surface area contributed by atoms with E-state index in [1.807, 2.05) is 27.7 Å². The highest BCUT2D eigenvalue weighted by Crippen LogP contribution is 2.32. The third-order valence-corrected chi connectivity index (χ3v) is 3.43. The minimum atomic E-state index is -1.42. The van der Waals surface area contributed by atoms with Gasteiger partial charge in [0, 0.05) is 7.11 Å². The minimum Gasteiger partial charge on any atom is -0.464 e. The number of rotatable bonds is 8. The van der Waals surface area contributed by atoms with E-state index in [2.05, 4.69) is 0 Å². The molecule has 0 saturated carbocycles. The van der Waals surface area contributed by atoms with Crippen molar-refractivity contribution in [2.45, 2.75) is 65.1 Å². The average Bonchev–Trinajstić information content (AvgIpc) is 2.28. The van der Waals surface area contributed by atoms with Crippen LogP contribution in [-0.4, -0.2) is 36.0 Å². The molecule has 0 aromatic carbocycles. The lowest BCUT2D eigenvalue weighted by Crippen LogP contribution is -2.48. The Hall–Kier alpha value is -0.610. The summed E-state index contributed by atoms with van der Waals surface area (Å²) < 4.78 is 10.4. The predicted molar refractivity (Wildman–Crippen MR) is 71.4 cm³/mol. The van der Waals surface area contributed by atoms with Crippen molar-refractivity contribution in [1.29, 1.82) is 0 Å². The second-order valence-electron chi connectivity index (χ2n) is 5.46. The van der Waals surface area contributed by atoms with Gasteiger partial charge in [-0.1, -0.05) is 20.3 Å². The summed E-state index contributed by atoms with van der Waals surface area (Å²) in [5.41, 5.74) is -1.78. The average molecular weight is 260 g/mol. The van der Waals surface area contributed by atoms with E-state index >= 15 is 0 Å². The van der Waals surface area contributed by atoms with Crippen molar-refractivity contribution >= 4 is 5.97 Å². The second kappa shape index (κ2) is 7.10. The lowest BCUT2D eigenvalue weighted by molar-refractivity contribution is -0.174. The molecule has 0 radical (unpaired) electrons. The summed E-state index contributed by atoms with van der Waals surface area (Å²) in [5, 5.41) is 10.6. The lowest BCUT2D eigenvalue weighted by Gasteiger charge is -2.36. The first-order valence-corrected chi connectivity index (χ1v) is 6.68. The van der Waals surface area contributed by atoms with Crippen molar-refractivity contribution in [2.24, 2.45) is 5.92 Å². The van der Waals surface area contributed by atoms with Crippen molar-refractivity contribution in [1.82, 2.24) is 0 Å². The zero-order chi connectivity index (χ0) is 14.4. The van der Waals surface area contributed by atoms with E-state index in [9.17, 15) is 9.90 Å². The molecular weight excluding hydrogens is 232 g/mol. The van der Waals surface area contributed by atoms with Gasteiger partial charge in [-0.05, 0) is 39.5 Å². The van der Waals surface area contributed by atoms with Crippen molar-refractivity contribution in [3.8, 4) is 0 Å². The summed E-state index contributed by atoms with van der Waals surface area (Å²) in [7, 11) is 1.63. The number of ether oxygens (including phenoxy) is 2. The molecule has 0 bridgehead atoms. The standard InChI is InChI=1S/C14H28O4/c1-7-9-14(16,12(15)18-8-2)11(3)10-13(4,5)17-6/h11,16H,7-10H2,1-6H3. The number of aliphatic hydroxyl groups is 1. The molecule has 4 heteroatoms. The Bertz CT molecular complexity index is 263. The molecule has 0 spiro atoms. The highest BCUT2D eigenvalue weighted by Gasteiger charge is 2.44. The van der Waals surface area contributed by atoms with Crippen LogP contribution in [0.2, 0.25) is 0 Å². The zero-order valence-electron chi connectivity index (χ0n) is 12.6. The number of carbonyl (C=O) groups is 1. The lowest BCUT2D eigenvalue weighted by atomic mass is 9.79. The van der Waals surface area contributed by atoms with Crippen LogP contribution in [0.3, 0.4) is 0 Å². The smallest absolute Gasteiger partial charge is 0.338 e. The topological polar surface area (TPSA) is 55.8 Å². The van der Waals surface area contributed by atoms with Gasteiger partial charge in [-0.15, -0.1) is 0 Å². The number of carbonyl (C=O) groups excluding carboxylic acids is 1. The molecule has 0 aliphatic heterocycles. The molecule has 0 aliphatic rings. The largest absolute Gasteiger partial charge is 0.464 e.